The number of carbonyl (C=O) groups is 1. The van der Waals surface area contributed by atoms with E-state index in [1.165, 1.54) is 0 Å². The number of ether oxygens (including phenoxy) is 1. The van der Waals surface area contributed by atoms with Gasteiger partial charge in [-0.05, 0) is 36.8 Å². The Morgan fingerprint density at radius 3 is 2.57 bits per heavy atom. The van der Waals surface area contributed by atoms with Crippen molar-refractivity contribution in [2.75, 3.05) is 6.61 Å². The Labute approximate surface area is 134 Å². The van der Waals surface area contributed by atoms with E-state index >= 15 is 0 Å². The summed E-state index contributed by atoms with van der Waals surface area (Å²) in [5, 5.41) is 18.3. The zero-order chi connectivity index (χ0) is 16.2. The monoisotopic (exact) mass is 308 g/mol. The van der Waals surface area contributed by atoms with Crippen LogP contribution in [0.2, 0.25) is 0 Å². The molecule has 23 heavy (non-hydrogen) atoms. The number of hydrogen-bond acceptors (Lipinski definition) is 4. The van der Waals surface area contributed by atoms with Gasteiger partial charge < -0.3 is 9.84 Å². The SMILES string of the molecule is N#Cc1c(OCC(=O)O)nc(-c2ccccc2)c2c1CCCC2. The van der Waals surface area contributed by atoms with E-state index in [-0.39, 0.29) is 5.88 Å². The number of aliphatic carboxylic acids is 1. The van der Waals surface area contributed by atoms with Crippen LogP contribution in [0.25, 0.3) is 11.3 Å². The molecule has 0 amide bonds. The van der Waals surface area contributed by atoms with Gasteiger partial charge in [-0.3, -0.25) is 0 Å². The quantitative estimate of drug-likeness (QED) is 0.938. The lowest BCUT2D eigenvalue weighted by Crippen LogP contribution is -2.15. The fraction of sp³-hybridized carbons (Fsp3) is 0.278. The van der Waals surface area contributed by atoms with E-state index in [1.807, 2.05) is 30.3 Å². The van der Waals surface area contributed by atoms with Gasteiger partial charge >= 0.3 is 5.97 Å². The second-order valence-corrected chi connectivity index (χ2v) is 5.47. The van der Waals surface area contributed by atoms with Gasteiger partial charge in [0.15, 0.2) is 6.61 Å². The molecular weight excluding hydrogens is 292 g/mol. The van der Waals surface area contributed by atoms with Crippen LogP contribution in [0.5, 0.6) is 5.88 Å². The third-order valence-electron chi connectivity index (χ3n) is 3.97. The molecule has 0 radical (unpaired) electrons. The fourth-order valence-electron chi connectivity index (χ4n) is 2.98. The van der Waals surface area contributed by atoms with Crippen LogP contribution in [0.15, 0.2) is 30.3 Å². The van der Waals surface area contributed by atoms with E-state index in [9.17, 15) is 10.1 Å². The molecule has 1 aliphatic carbocycles. The average molecular weight is 308 g/mol. The maximum atomic E-state index is 10.8. The summed E-state index contributed by atoms with van der Waals surface area (Å²) >= 11 is 0. The summed E-state index contributed by atoms with van der Waals surface area (Å²) in [4.78, 5) is 15.3. The summed E-state index contributed by atoms with van der Waals surface area (Å²) in [6, 6.07) is 11.9. The minimum Gasteiger partial charge on any atom is -0.479 e. The van der Waals surface area contributed by atoms with Crippen LogP contribution < -0.4 is 4.74 Å². The number of pyridine rings is 1. The van der Waals surface area contributed by atoms with Crippen molar-refractivity contribution in [3.63, 3.8) is 0 Å². The molecule has 116 valence electrons. The van der Waals surface area contributed by atoms with E-state index in [0.29, 0.717) is 5.56 Å². The predicted molar refractivity (Wildman–Crippen MR) is 84.2 cm³/mol. The zero-order valence-electron chi connectivity index (χ0n) is 12.6. The Balaban J connectivity index is 2.17. The lowest BCUT2D eigenvalue weighted by Gasteiger charge is -2.22. The summed E-state index contributed by atoms with van der Waals surface area (Å²) in [6.45, 7) is -0.505. The van der Waals surface area contributed by atoms with Crippen molar-refractivity contribution in [3.05, 3.63) is 47.0 Å². The zero-order valence-corrected chi connectivity index (χ0v) is 12.6. The highest BCUT2D eigenvalue weighted by Gasteiger charge is 2.24. The summed E-state index contributed by atoms with van der Waals surface area (Å²) in [6.07, 6.45) is 3.75. The second kappa shape index (κ2) is 6.49. The maximum Gasteiger partial charge on any atom is 0.341 e. The molecule has 0 saturated heterocycles. The number of rotatable bonds is 4. The molecule has 1 aromatic heterocycles. The highest BCUT2D eigenvalue weighted by molar-refractivity contribution is 5.70. The van der Waals surface area contributed by atoms with Gasteiger partial charge in [-0.15, -0.1) is 0 Å². The van der Waals surface area contributed by atoms with Gasteiger partial charge in [-0.25, -0.2) is 9.78 Å². The highest BCUT2D eigenvalue weighted by atomic mass is 16.5. The van der Waals surface area contributed by atoms with Gasteiger partial charge in [0, 0.05) is 5.56 Å². The normalized spacial score (nSPS) is 13.0. The molecule has 2 aromatic rings. The van der Waals surface area contributed by atoms with Crippen molar-refractivity contribution in [1.29, 1.82) is 5.26 Å². The molecule has 0 fully saturated rings. The van der Waals surface area contributed by atoms with Crippen LogP contribution in [0.1, 0.15) is 29.5 Å². The summed E-state index contributed by atoms with van der Waals surface area (Å²) in [7, 11) is 0. The lowest BCUT2D eigenvalue weighted by atomic mass is 9.86. The summed E-state index contributed by atoms with van der Waals surface area (Å²) in [5.41, 5.74) is 4.16. The Morgan fingerprint density at radius 1 is 1.22 bits per heavy atom. The van der Waals surface area contributed by atoms with Gasteiger partial charge in [0.25, 0.3) is 0 Å². The standard InChI is InChI=1S/C18H16N2O3/c19-10-15-13-8-4-5-9-14(13)17(12-6-2-1-3-7-12)20-18(15)23-11-16(21)22/h1-3,6-7H,4-5,8-9,11H2,(H,21,22). The van der Waals surface area contributed by atoms with Crippen LogP contribution in [0.4, 0.5) is 0 Å². The van der Waals surface area contributed by atoms with Crippen molar-refractivity contribution < 1.29 is 14.6 Å². The molecule has 1 aliphatic rings. The van der Waals surface area contributed by atoms with E-state index in [1.54, 1.807) is 0 Å². The highest BCUT2D eigenvalue weighted by Crippen LogP contribution is 2.36. The van der Waals surface area contributed by atoms with E-state index in [4.69, 9.17) is 9.84 Å². The number of carboxylic acid groups (broad SMARTS) is 1. The Morgan fingerprint density at radius 2 is 1.91 bits per heavy atom. The minimum absolute atomic E-state index is 0.120. The van der Waals surface area contributed by atoms with E-state index < -0.39 is 12.6 Å². The fourth-order valence-corrected chi connectivity index (χ4v) is 2.98. The predicted octanol–water partition coefficient (Wildman–Crippen LogP) is 2.96. The second-order valence-electron chi connectivity index (χ2n) is 5.47. The van der Waals surface area contributed by atoms with Crippen molar-refractivity contribution in [1.82, 2.24) is 4.98 Å². The van der Waals surface area contributed by atoms with Crippen molar-refractivity contribution >= 4 is 5.97 Å². The molecule has 5 heteroatoms. The number of fused-ring (bicyclic) bond motifs is 1. The Kier molecular flexibility index (Phi) is 4.24. The van der Waals surface area contributed by atoms with E-state index in [0.717, 1.165) is 48.1 Å². The maximum absolute atomic E-state index is 10.8. The molecule has 0 bridgehead atoms. The molecule has 3 rings (SSSR count). The number of nitrogens with zero attached hydrogens (tertiary/aromatic N) is 2. The first-order valence-electron chi connectivity index (χ1n) is 7.56. The third-order valence-corrected chi connectivity index (χ3v) is 3.97. The average Bonchev–Trinajstić information content (AvgIpc) is 2.59. The first kappa shape index (κ1) is 15.0. The smallest absolute Gasteiger partial charge is 0.341 e. The molecule has 1 N–H and O–H groups in total. The first-order chi connectivity index (χ1) is 11.2. The largest absolute Gasteiger partial charge is 0.479 e. The summed E-state index contributed by atoms with van der Waals surface area (Å²) < 4.78 is 5.28. The van der Waals surface area contributed by atoms with Crippen LogP contribution >= 0.6 is 0 Å². The third kappa shape index (κ3) is 3.02. The molecule has 1 heterocycles. The molecular formula is C18H16N2O3. The number of benzene rings is 1. The van der Waals surface area contributed by atoms with Gasteiger partial charge in [-0.1, -0.05) is 30.3 Å². The number of hydrogen-bond donors (Lipinski definition) is 1. The molecule has 0 atom stereocenters. The molecule has 0 saturated carbocycles. The Bertz CT molecular complexity index is 779. The Hall–Kier alpha value is -2.87. The summed E-state index contributed by atoms with van der Waals surface area (Å²) in [5.74, 6) is -0.968. The number of nitriles is 1. The van der Waals surface area contributed by atoms with E-state index in [2.05, 4.69) is 11.1 Å². The van der Waals surface area contributed by atoms with Gasteiger partial charge in [0.05, 0.1) is 5.69 Å². The molecule has 1 aromatic carbocycles. The van der Waals surface area contributed by atoms with Crippen LogP contribution in [0, 0.1) is 11.3 Å². The number of aromatic nitrogens is 1. The van der Waals surface area contributed by atoms with Gasteiger partial charge in [-0.2, -0.15) is 5.26 Å². The van der Waals surface area contributed by atoms with Gasteiger partial charge in [0.2, 0.25) is 5.88 Å². The molecule has 0 unspecified atom stereocenters. The lowest BCUT2D eigenvalue weighted by molar-refractivity contribution is -0.139. The van der Waals surface area contributed by atoms with Crippen molar-refractivity contribution in [2.24, 2.45) is 0 Å². The van der Waals surface area contributed by atoms with Crippen molar-refractivity contribution in [2.45, 2.75) is 25.7 Å². The number of carboxylic acids is 1. The molecule has 5 nitrogen and oxygen atoms in total. The van der Waals surface area contributed by atoms with Crippen LogP contribution in [-0.2, 0) is 17.6 Å². The topological polar surface area (TPSA) is 83.2 Å². The van der Waals surface area contributed by atoms with Gasteiger partial charge in [0.1, 0.15) is 11.6 Å². The van der Waals surface area contributed by atoms with Crippen LogP contribution in [0.3, 0.4) is 0 Å². The van der Waals surface area contributed by atoms with Crippen molar-refractivity contribution in [3.8, 4) is 23.2 Å². The molecule has 0 aliphatic heterocycles. The minimum atomic E-state index is -1.09. The molecule has 0 spiro atoms. The first-order valence-corrected chi connectivity index (χ1v) is 7.56. The van der Waals surface area contributed by atoms with Crippen LogP contribution in [-0.4, -0.2) is 22.7 Å².